The van der Waals surface area contributed by atoms with Crippen molar-refractivity contribution in [1.82, 2.24) is 57.0 Å². The molecule has 5 aliphatic rings. The van der Waals surface area contributed by atoms with Gasteiger partial charge in [0.2, 0.25) is 47.3 Å². The van der Waals surface area contributed by atoms with Gasteiger partial charge in [0.15, 0.2) is 5.60 Å². The van der Waals surface area contributed by atoms with Gasteiger partial charge in [0.25, 0.3) is 17.4 Å². The van der Waals surface area contributed by atoms with E-state index in [1.54, 1.807) is 51.1 Å². The van der Waals surface area contributed by atoms with Gasteiger partial charge in [-0.25, -0.2) is 14.2 Å². The molecular formula is C66H79ClFN11O20. The van der Waals surface area contributed by atoms with Crippen LogP contribution in [0.1, 0.15) is 112 Å². The molecule has 532 valence electrons. The standard InChI is InChI=1S/C66H79ClFN11O20/c1-4-66(96)37-22-43-56-35(28-79(43)62(93)36(37)30-98-64(66)95)54-39(15-14-34-53(54)41(76-56)23-38(68)55(34)67)77-63(94)65(2,3)31-97-32-73-49(84)26-72-61(92)42(21-33-11-7-5-8-12-33)75-50(85)27-70-48(83)25-71-60(91)40(74-47(82)13-9-6-10-20-78-51(86)18-19-52(78)87)16-17-46(81)69-24-44-57(88)59(90)58(89)45(29-80)99-44/h5,7-8,11-12,18-19,22-23,39-40,42,44-45,57-59,80,88-90,96H,4,6,9-10,13-17,20-21,24-32H2,1-3H3,(H,69,81)(H,70,83)(H,71,91)(H,72,92)(H,73,84)(H,74,82)(H,75,85)(H,77,94)/t39?,40-,42-,44-,45+,57-,58+,59+,66-/m0/s1. The molecule has 4 aliphatic heterocycles. The van der Waals surface area contributed by atoms with Gasteiger partial charge >= 0.3 is 5.97 Å². The van der Waals surface area contributed by atoms with Gasteiger partial charge in [-0.05, 0) is 75.1 Å². The minimum Gasteiger partial charge on any atom is -0.458 e. The maximum absolute atomic E-state index is 15.4. The van der Waals surface area contributed by atoms with E-state index in [1.165, 1.54) is 16.7 Å². The number of hydrogen-bond acceptors (Lipinski definition) is 21. The number of amides is 10. The van der Waals surface area contributed by atoms with Crippen LogP contribution in [0.4, 0.5) is 4.39 Å². The van der Waals surface area contributed by atoms with Crippen LogP contribution >= 0.6 is 11.6 Å². The van der Waals surface area contributed by atoms with E-state index in [0.717, 1.165) is 17.1 Å². The van der Waals surface area contributed by atoms with Gasteiger partial charge in [0.05, 0.1) is 78.3 Å². The lowest BCUT2D eigenvalue weighted by atomic mass is 9.82. The summed E-state index contributed by atoms with van der Waals surface area (Å²) in [7, 11) is 0. The summed E-state index contributed by atoms with van der Waals surface area (Å²) in [5.41, 5.74) is -0.654. The van der Waals surface area contributed by atoms with Gasteiger partial charge in [-0.3, -0.25) is 57.6 Å². The molecule has 9 atom stereocenters. The zero-order valence-corrected chi connectivity index (χ0v) is 55.2. The van der Waals surface area contributed by atoms with E-state index in [1.807, 2.05) is 0 Å². The molecule has 0 saturated carbocycles. The molecule has 2 aromatic carbocycles. The van der Waals surface area contributed by atoms with E-state index in [9.17, 15) is 83.1 Å². The van der Waals surface area contributed by atoms with Crippen molar-refractivity contribution in [2.75, 3.05) is 52.7 Å². The number of aryl methyl sites for hydroxylation is 1. The quantitative estimate of drug-likeness (QED) is 0.00976. The average molecular weight is 1400 g/mol. The van der Waals surface area contributed by atoms with Crippen LogP contribution < -0.4 is 48.1 Å². The minimum absolute atomic E-state index is 0.00984. The second-order valence-electron chi connectivity index (χ2n) is 25.4. The van der Waals surface area contributed by atoms with E-state index >= 15 is 4.39 Å². The number of halogens is 2. The van der Waals surface area contributed by atoms with Gasteiger partial charge in [0.1, 0.15) is 61.8 Å². The number of carbonyl (C=O) groups is 11. The van der Waals surface area contributed by atoms with Crippen LogP contribution in [0.3, 0.4) is 0 Å². The van der Waals surface area contributed by atoms with Crippen LogP contribution in [0.15, 0.2) is 59.4 Å². The monoisotopic (exact) mass is 1400 g/mol. The third-order valence-electron chi connectivity index (χ3n) is 18.0. The Morgan fingerprint density at radius 2 is 1.45 bits per heavy atom. The van der Waals surface area contributed by atoms with Gasteiger partial charge in [-0.2, -0.15) is 0 Å². The second-order valence-corrected chi connectivity index (χ2v) is 25.7. The van der Waals surface area contributed by atoms with Crippen molar-refractivity contribution < 1.29 is 96.9 Å². The van der Waals surface area contributed by atoms with E-state index in [4.69, 9.17) is 30.8 Å². The third-order valence-corrected chi connectivity index (χ3v) is 18.4. The van der Waals surface area contributed by atoms with Crippen molar-refractivity contribution in [3.8, 4) is 11.4 Å². The molecule has 1 unspecified atom stereocenters. The number of esters is 1. The topological polar surface area (TPSA) is 451 Å². The number of nitrogens with zero attached hydrogens (tertiary/aromatic N) is 3. The summed E-state index contributed by atoms with van der Waals surface area (Å²) in [4.78, 5) is 164. The Morgan fingerprint density at radius 3 is 2.15 bits per heavy atom. The summed E-state index contributed by atoms with van der Waals surface area (Å²) in [6.07, 6.45) is -4.49. The predicted molar refractivity (Wildman–Crippen MR) is 345 cm³/mol. The highest BCUT2D eigenvalue weighted by molar-refractivity contribution is 6.32. The van der Waals surface area contributed by atoms with Crippen molar-refractivity contribution in [2.24, 2.45) is 5.41 Å². The summed E-state index contributed by atoms with van der Waals surface area (Å²) in [6.45, 7) is 0.840. The molecule has 6 heterocycles. The first-order valence-electron chi connectivity index (χ1n) is 32.4. The molecule has 9 rings (SSSR count). The third kappa shape index (κ3) is 17.1. The normalized spacial score (nSPS) is 21.1. The summed E-state index contributed by atoms with van der Waals surface area (Å²) in [6, 6.07) is 7.84. The Kier molecular flexibility index (Phi) is 24.1. The smallest absolute Gasteiger partial charge is 0.343 e. The lowest BCUT2D eigenvalue weighted by Gasteiger charge is -2.40. The van der Waals surface area contributed by atoms with Crippen LogP contribution in [-0.4, -0.2) is 200 Å². The SMILES string of the molecule is CC[C@@]1(O)C(=O)OCc2c1cc1n(c2=O)Cc2c-1nc1cc(F)c(Cl)c3c1c2C(NC(=O)C(C)(C)COCNC(=O)CNC(=O)[C@H](Cc1ccccc1)NC(=O)CNC(=O)CNC(=O)[C@H](CCC(=O)NC[C@@H]1O[C@H](CO)[C@@H](O)[C@H](O)[C@H]1O)NC(=O)CCCCCN1C(=O)C=CC1=O)CC3. The lowest BCUT2D eigenvalue weighted by Crippen LogP contribution is -2.60. The number of rotatable bonds is 31. The molecule has 1 aliphatic carbocycles. The second kappa shape index (κ2) is 32.2. The molecule has 0 radical (unpaired) electrons. The number of benzene rings is 2. The maximum Gasteiger partial charge on any atom is 0.343 e. The maximum atomic E-state index is 15.4. The van der Waals surface area contributed by atoms with E-state index in [-0.39, 0.29) is 105 Å². The first-order valence-corrected chi connectivity index (χ1v) is 32.7. The Labute approximate surface area is 570 Å². The zero-order chi connectivity index (χ0) is 71.6. The van der Waals surface area contributed by atoms with Crippen LogP contribution in [-0.2, 0) is 98.5 Å². The van der Waals surface area contributed by atoms with Crippen molar-refractivity contribution in [2.45, 2.75) is 152 Å². The number of carbonyl (C=O) groups excluding carboxylic acids is 11. The highest BCUT2D eigenvalue weighted by atomic mass is 35.5. The summed E-state index contributed by atoms with van der Waals surface area (Å²) < 4.78 is 33.3. The number of unbranched alkanes of at least 4 members (excludes halogenated alkanes) is 2. The number of fused-ring (bicyclic) bond motifs is 5. The number of pyridine rings is 2. The molecule has 0 bridgehead atoms. The van der Waals surface area contributed by atoms with Crippen molar-refractivity contribution >= 4 is 87.5 Å². The number of ether oxygens (including phenoxy) is 3. The number of aliphatic hydroxyl groups is 5. The molecule has 4 aromatic rings. The number of hydrogen-bond donors (Lipinski definition) is 13. The summed E-state index contributed by atoms with van der Waals surface area (Å²) in [5, 5.41) is 72.3. The molecule has 31 nitrogen and oxygen atoms in total. The Morgan fingerprint density at radius 1 is 0.788 bits per heavy atom. The average Bonchev–Trinajstić information content (AvgIpc) is 1.59. The highest BCUT2D eigenvalue weighted by Gasteiger charge is 2.47. The molecule has 10 amide bonds. The minimum atomic E-state index is -2.10. The van der Waals surface area contributed by atoms with Gasteiger partial charge < -0.3 is 86.8 Å². The summed E-state index contributed by atoms with van der Waals surface area (Å²) >= 11 is 6.56. The number of cyclic esters (lactones) is 1. The summed E-state index contributed by atoms with van der Waals surface area (Å²) in [5.74, 6) is -8.43. The molecule has 1 fully saturated rings. The molecule has 2 aromatic heterocycles. The van der Waals surface area contributed by atoms with E-state index in [2.05, 4.69) is 42.5 Å². The Hall–Kier alpha value is -9.15. The van der Waals surface area contributed by atoms with Gasteiger partial charge in [-0.15, -0.1) is 0 Å². The number of imide groups is 1. The van der Waals surface area contributed by atoms with E-state index < -0.39 is 175 Å². The van der Waals surface area contributed by atoms with Crippen molar-refractivity contribution in [3.63, 3.8) is 0 Å². The molecule has 13 N–H and O–H groups in total. The molecular weight excluding hydrogens is 1320 g/mol. The van der Waals surface area contributed by atoms with Crippen LogP contribution in [0.2, 0.25) is 5.02 Å². The number of aliphatic hydroxyl groups excluding tert-OH is 4. The largest absolute Gasteiger partial charge is 0.458 e. The fourth-order valence-electron chi connectivity index (χ4n) is 12.4. The Bertz CT molecular complexity index is 3910. The predicted octanol–water partition coefficient (Wildman–Crippen LogP) is -2.12. The molecule has 1 saturated heterocycles. The zero-order valence-electron chi connectivity index (χ0n) is 54.4. The molecule has 33 heteroatoms. The molecule has 0 spiro atoms. The lowest BCUT2D eigenvalue weighted by molar-refractivity contribution is -0.227. The fraction of sp³-hybridized carbons (Fsp3) is 0.500. The van der Waals surface area contributed by atoms with Crippen molar-refractivity contribution in [1.29, 1.82) is 0 Å². The van der Waals surface area contributed by atoms with Gasteiger partial charge in [-0.1, -0.05) is 55.3 Å². The van der Waals surface area contributed by atoms with E-state index in [0.29, 0.717) is 46.2 Å². The van der Waals surface area contributed by atoms with Crippen LogP contribution in [0.25, 0.3) is 22.3 Å². The molecule has 99 heavy (non-hydrogen) atoms. The van der Waals surface area contributed by atoms with Gasteiger partial charge in [0, 0.05) is 67.1 Å². The highest BCUT2D eigenvalue weighted by Crippen LogP contribution is 2.47. The first kappa shape index (κ1) is 74.1. The fourth-order valence-corrected chi connectivity index (χ4v) is 12.6. The Balaban J connectivity index is 0.744. The number of nitrogens with one attached hydrogen (secondary N) is 8. The van der Waals surface area contributed by atoms with Crippen molar-refractivity contribution in [3.05, 3.63) is 109 Å². The number of aromatic nitrogens is 2. The van der Waals surface area contributed by atoms with Crippen LogP contribution in [0, 0.1) is 11.2 Å². The first-order chi connectivity index (χ1) is 47.1. The van der Waals surface area contributed by atoms with Crippen LogP contribution in [0.5, 0.6) is 0 Å².